The van der Waals surface area contributed by atoms with E-state index in [0.717, 1.165) is 16.8 Å². The number of halogens is 1. The number of thioether (sulfide) groups is 1. The first-order valence-electron chi connectivity index (χ1n) is 5.81. The molecule has 2 nitrogen and oxygen atoms in total. The van der Waals surface area contributed by atoms with E-state index >= 15 is 0 Å². The van der Waals surface area contributed by atoms with Crippen molar-refractivity contribution in [3.63, 3.8) is 0 Å². The average molecular weight is 322 g/mol. The van der Waals surface area contributed by atoms with Crippen LogP contribution in [0.5, 0.6) is 5.75 Å². The van der Waals surface area contributed by atoms with Crippen LogP contribution < -0.4 is 4.74 Å². The van der Waals surface area contributed by atoms with Crippen molar-refractivity contribution in [3.05, 3.63) is 52.8 Å². The number of benzene rings is 1. The fourth-order valence-corrected chi connectivity index (χ4v) is 3.59. The molecule has 0 saturated heterocycles. The van der Waals surface area contributed by atoms with E-state index in [0.29, 0.717) is 11.9 Å². The second-order valence-corrected chi connectivity index (χ2v) is 6.25. The van der Waals surface area contributed by atoms with Crippen molar-refractivity contribution in [1.29, 1.82) is 0 Å². The van der Waals surface area contributed by atoms with Crippen LogP contribution in [0.1, 0.15) is 5.56 Å². The second-order valence-electron chi connectivity index (χ2n) is 4.16. The summed E-state index contributed by atoms with van der Waals surface area (Å²) in [5, 5.41) is 0.495. The summed E-state index contributed by atoms with van der Waals surface area (Å²) in [5.74, 6) is 0.814. The van der Waals surface area contributed by atoms with Gasteiger partial charge >= 0.3 is 0 Å². The minimum Gasteiger partial charge on any atom is -0.490 e. The first-order valence-corrected chi connectivity index (χ1v) is 7.48. The van der Waals surface area contributed by atoms with Gasteiger partial charge in [-0.25, -0.2) is 4.98 Å². The largest absolute Gasteiger partial charge is 0.490 e. The van der Waals surface area contributed by atoms with E-state index in [4.69, 9.17) is 4.74 Å². The van der Waals surface area contributed by atoms with Gasteiger partial charge in [0.25, 0.3) is 0 Å². The van der Waals surface area contributed by atoms with Crippen LogP contribution in [0, 0.1) is 0 Å². The zero-order valence-corrected chi connectivity index (χ0v) is 12.1. The highest BCUT2D eigenvalue weighted by atomic mass is 79.9. The van der Waals surface area contributed by atoms with Gasteiger partial charge in [0.2, 0.25) is 0 Å². The lowest BCUT2D eigenvalue weighted by Crippen LogP contribution is -2.13. The molecule has 2 aromatic rings. The van der Waals surface area contributed by atoms with Crippen LogP contribution in [0.4, 0.5) is 0 Å². The molecule has 1 aromatic carbocycles. The Labute approximate surface area is 119 Å². The molecule has 0 fully saturated rings. The van der Waals surface area contributed by atoms with Crippen molar-refractivity contribution in [1.82, 2.24) is 4.98 Å². The van der Waals surface area contributed by atoms with E-state index in [2.05, 4.69) is 45.2 Å². The number of pyridine rings is 1. The van der Waals surface area contributed by atoms with Gasteiger partial charge < -0.3 is 4.74 Å². The Balaban J connectivity index is 1.62. The molecule has 0 amide bonds. The molecular weight excluding hydrogens is 310 g/mol. The SMILES string of the molecule is Brc1ncccc1OCC1Cc2ccccc2S1. The van der Waals surface area contributed by atoms with Crippen molar-refractivity contribution in [2.45, 2.75) is 16.6 Å². The second kappa shape index (κ2) is 5.33. The summed E-state index contributed by atoms with van der Waals surface area (Å²) in [6.45, 7) is 0.712. The van der Waals surface area contributed by atoms with Crippen molar-refractivity contribution in [2.75, 3.05) is 6.61 Å². The summed E-state index contributed by atoms with van der Waals surface area (Å²) < 4.78 is 6.59. The van der Waals surface area contributed by atoms with Crippen LogP contribution in [0.25, 0.3) is 0 Å². The third-order valence-corrected chi connectivity index (χ3v) is 4.75. The molecule has 0 bridgehead atoms. The van der Waals surface area contributed by atoms with Gasteiger partial charge in [-0.2, -0.15) is 0 Å². The lowest BCUT2D eigenvalue weighted by atomic mass is 10.1. The number of hydrogen-bond donors (Lipinski definition) is 0. The smallest absolute Gasteiger partial charge is 0.152 e. The van der Waals surface area contributed by atoms with Crippen molar-refractivity contribution < 1.29 is 4.74 Å². The molecule has 3 rings (SSSR count). The quantitative estimate of drug-likeness (QED) is 0.799. The van der Waals surface area contributed by atoms with Crippen LogP contribution in [0.2, 0.25) is 0 Å². The standard InChI is InChI=1S/C14H12BrNOS/c15-14-12(5-3-7-16-14)17-9-11-8-10-4-1-2-6-13(10)18-11/h1-7,11H,8-9H2. The first kappa shape index (κ1) is 12.1. The van der Waals surface area contributed by atoms with E-state index in [-0.39, 0.29) is 0 Å². The lowest BCUT2D eigenvalue weighted by molar-refractivity contribution is 0.314. The predicted molar refractivity (Wildman–Crippen MR) is 77.2 cm³/mol. The third-order valence-electron chi connectivity index (χ3n) is 2.86. The molecule has 1 atom stereocenters. The van der Waals surface area contributed by atoms with Gasteiger partial charge in [0.15, 0.2) is 5.75 Å². The Kier molecular flexibility index (Phi) is 3.57. The highest BCUT2D eigenvalue weighted by Gasteiger charge is 2.22. The topological polar surface area (TPSA) is 22.1 Å². The minimum atomic E-state index is 0.495. The van der Waals surface area contributed by atoms with E-state index in [1.54, 1.807) is 6.20 Å². The molecule has 0 aliphatic carbocycles. The van der Waals surface area contributed by atoms with Crippen molar-refractivity contribution in [3.8, 4) is 5.75 Å². The fourth-order valence-electron chi connectivity index (χ4n) is 2.01. The summed E-state index contributed by atoms with van der Waals surface area (Å²) in [4.78, 5) is 5.53. The van der Waals surface area contributed by atoms with Gasteiger partial charge in [-0.15, -0.1) is 11.8 Å². The molecule has 1 unspecified atom stereocenters. The van der Waals surface area contributed by atoms with Gasteiger partial charge in [-0.1, -0.05) is 18.2 Å². The molecule has 0 radical (unpaired) electrons. The van der Waals surface area contributed by atoms with Crippen LogP contribution in [0.3, 0.4) is 0 Å². The normalized spacial score (nSPS) is 17.5. The molecule has 92 valence electrons. The number of ether oxygens (including phenoxy) is 1. The summed E-state index contributed by atoms with van der Waals surface area (Å²) in [7, 11) is 0. The maximum Gasteiger partial charge on any atom is 0.152 e. The molecule has 0 N–H and O–H groups in total. The zero-order valence-electron chi connectivity index (χ0n) is 9.67. The third kappa shape index (κ3) is 2.54. The number of aromatic nitrogens is 1. The molecule has 1 aliphatic heterocycles. The predicted octanol–water partition coefficient (Wildman–Crippen LogP) is 3.94. The number of fused-ring (bicyclic) bond motifs is 1. The molecule has 4 heteroatoms. The van der Waals surface area contributed by atoms with Crippen LogP contribution in [0.15, 0.2) is 52.1 Å². The number of nitrogens with zero attached hydrogens (tertiary/aromatic N) is 1. The van der Waals surface area contributed by atoms with Crippen molar-refractivity contribution >= 4 is 27.7 Å². The Morgan fingerprint density at radius 1 is 1.28 bits per heavy atom. The average Bonchev–Trinajstić information content (AvgIpc) is 2.80. The summed E-state index contributed by atoms with van der Waals surface area (Å²) in [6.07, 6.45) is 2.83. The molecule has 0 spiro atoms. The van der Waals surface area contributed by atoms with E-state index in [1.165, 1.54) is 10.5 Å². The Morgan fingerprint density at radius 2 is 2.17 bits per heavy atom. The number of hydrogen-bond acceptors (Lipinski definition) is 3. The fraction of sp³-hybridized carbons (Fsp3) is 0.214. The zero-order chi connectivity index (χ0) is 12.4. The molecule has 0 saturated carbocycles. The molecule has 18 heavy (non-hydrogen) atoms. The Morgan fingerprint density at radius 3 is 3.00 bits per heavy atom. The molecule has 1 aliphatic rings. The maximum absolute atomic E-state index is 5.82. The summed E-state index contributed by atoms with van der Waals surface area (Å²) in [6, 6.07) is 12.4. The maximum atomic E-state index is 5.82. The molecule has 2 heterocycles. The monoisotopic (exact) mass is 321 g/mol. The lowest BCUT2D eigenvalue weighted by Gasteiger charge is -2.11. The van der Waals surface area contributed by atoms with Crippen molar-refractivity contribution in [2.24, 2.45) is 0 Å². The number of rotatable bonds is 3. The van der Waals surface area contributed by atoms with Gasteiger partial charge in [-0.3, -0.25) is 0 Å². The van der Waals surface area contributed by atoms with E-state index in [9.17, 15) is 0 Å². The van der Waals surface area contributed by atoms with Gasteiger partial charge in [0.05, 0.1) is 0 Å². The Hall–Kier alpha value is -1.00. The van der Waals surface area contributed by atoms with Crippen LogP contribution in [-0.4, -0.2) is 16.8 Å². The molecular formula is C14H12BrNOS. The summed E-state index contributed by atoms with van der Waals surface area (Å²) in [5.41, 5.74) is 1.43. The van der Waals surface area contributed by atoms with Crippen LogP contribution >= 0.6 is 27.7 Å². The van der Waals surface area contributed by atoms with Gasteiger partial charge in [0, 0.05) is 16.3 Å². The highest BCUT2D eigenvalue weighted by molar-refractivity contribution is 9.10. The van der Waals surface area contributed by atoms with Gasteiger partial charge in [-0.05, 0) is 46.1 Å². The van der Waals surface area contributed by atoms with E-state index in [1.807, 2.05) is 23.9 Å². The highest BCUT2D eigenvalue weighted by Crippen LogP contribution is 2.37. The Bertz CT molecular complexity index is 536. The summed E-state index contributed by atoms with van der Waals surface area (Å²) >= 11 is 5.29. The van der Waals surface area contributed by atoms with Crippen LogP contribution in [-0.2, 0) is 6.42 Å². The first-order chi connectivity index (χ1) is 8.83. The minimum absolute atomic E-state index is 0.495. The van der Waals surface area contributed by atoms with Gasteiger partial charge in [0.1, 0.15) is 11.2 Å². The molecule has 1 aromatic heterocycles. The van der Waals surface area contributed by atoms with E-state index < -0.39 is 0 Å².